The molecular formula is C17H24ClN3. The van der Waals surface area contributed by atoms with Gasteiger partial charge in [-0.1, -0.05) is 49.2 Å². The standard InChI is InChI=1S/C17H24ClN3/c1-5-9-21-17(15(18)11-20-21)16(19-6-2)14-10-12(3)7-8-13(14)4/h7-8,10-11,16,19H,5-6,9H2,1-4H3. The molecule has 1 unspecified atom stereocenters. The third kappa shape index (κ3) is 3.47. The minimum absolute atomic E-state index is 0.0800. The zero-order valence-corrected chi connectivity index (χ0v) is 14.0. The van der Waals surface area contributed by atoms with Crippen LogP contribution >= 0.6 is 11.6 Å². The van der Waals surface area contributed by atoms with E-state index in [0.717, 1.165) is 30.2 Å². The fourth-order valence-corrected chi connectivity index (χ4v) is 2.93. The van der Waals surface area contributed by atoms with Gasteiger partial charge in [-0.3, -0.25) is 4.68 Å². The predicted molar refractivity (Wildman–Crippen MR) is 89.0 cm³/mol. The molecule has 0 aliphatic carbocycles. The van der Waals surface area contributed by atoms with Gasteiger partial charge in [-0.2, -0.15) is 5.10 Å². The maximum Gasteiger partial charge on any atom is 0.0837 e. The highest BCUT2D eigenvalue weighted by Gasteiger charge is 2.22. The van der Waals surface area contributed by atoms with E-state index >= 15 is 0 Å². The van der Waals surface area contributed by atoms with Gasteiger partial charge in [-0.05, 0) is 37.9 Å². The van der Waals surface area contributed by atoms with E-state index in [9.17, 15) is 0 Å². The summed E-state index contributed by atoms with van der Waals surface area (Å²) in [4.78, 5) is 0. The molecule has 4 heteroatoms. The highest BCUT2D eigenvalue weighted by Crippen LogP contribution is 2.30. The van der Waals surface area contributed by atoms with Crippen LogP contribution in [0.4, 0.5) is 0 Å². The van der Waals surface area contributed by atoms with Crippen molar-refractivity contribution in [3.8, 4) is 0 Å². The molecule has 1 heterocycles. The second-order valence-electron chi connectivity index (χ2n) is 5.45. The fourth-order valence-electron chi connectivity index (χ4n) is 2.68. The molecule has 0 amide bonds. The molecule has 0 saturated heterocycles. The van der Waals surface area contributed by atoms with Gasteiger partial charge in [-0.15, -0.1) is 0 Å². The van der Waals surface area contributed by atoms with Gasteiger partial charge in [0.2, 0.25) is 0 Å². The molecule has 1 atom stereocenters. The summed E-state index contributed by atoms with van der Waals surface area (Å²) in [6.07, 6.45) is 2.79. The van der Waals surface area contributed by atoms with Crippen LogP contribution in [0.15, 0.2) is 24.4 Å². The summed E-state index contributed by atoms with van der Waals surface area (Å²) in [5.74, 6) is 0. The van der Waals surface area contributed by atoms with E-state index in [2.05, 4.69) is 56.3 Å². The van der Waals surface area contributed by atoms with Crippen LogP contribution in [0.3, 0.4) is 0 Å². The molecule has 0 aliphatic rings. The van der Waals surface area contributed by atoms with Crippen molar-refractivity contribution in [2.24, 2.45) is 0 Å². The minimum atomic E-state index is 0.0800. The van der Waals surface area contributed by atoms with E-state index < -0.39 is 0 Å². The second kappa shape index (κ2) is 7.10. The Morgan fingerprint density at radius 2 is 2.05 bits per heavy atom. The van der Waals surface area contributed by atoms with E-state index in [1.54, 1.807) is 6.20 Å². The number of aromatic nitrogens is 2. The molecule has 3 nitrogen and oxygen atoms in total. The van der Waals surface area contributed by atoms with Crippen LogP contribution in [0.2, 0.25) is 5.02 Å². The number of benzene rings is 1. The lowest BCUT2D eigenvalue weighted by atomic mass is 9.96. The molecule has 2 rings (SSSR count). The Morgan fingerprint density at radius 1 is 1.29 bits per heavy atom. The van der Waals surface area contributed by atoms with Crippen molar-refractivity contribution in [1.29, 1.82) is 0 Å². The van der Waals surface area contributed by atoms with Crippen LogP contribution < -0.4 is 5.32 Å². The lowest BCUT2D eigenvalue weighted by Crippen LogP contribution is -2.26. The summed E-state index contributed by atoms with van der Waals surface area (Å²) < 4.78 is 2.03. The molecule has 21 heavy (non-hydrogen) atoms. The lowest BCUT2D eigenvalue weighted by molar-refractivity contribution is 0.519. The number of rotatable bonds is 6. The first kappa shape index (κ1) is 16.1. The number of hydrogen-bond acceptors (Lipinski definition) is 2. The molecular weight excluding hydrogens is 282 g/mol. The van der Waals surface area contributed by atoms with Crippen molar-refractivity contribution in [2.75, 3.05) is 6.54 Å². The van der Waals surface area contributed by atoms with E-state index in [1.807, 2.05) is 4.68 Å². The van der Waals surface area contributed by atoms with Gasteiger partial charge in [0.15, 0.2) is 0 Å². The van der Waals surface area contributed by atoms with Crippen molar-refractivity contribution < 1.29 is 0 Å². The number of nitrogens with zero attached hydrogens (tertiary/aromatic N) is 2. The van der Waals surface area contributed by atoms with Gasteiger partial charge in [0, 0.05) is 6.54 Å². The Bertz CT molecular complexity index is 604. The molecule has 0 fully saturated rings. The molecule has 0 saturated carbocycles. The molecule has 0 spiro atoms. The first-order chi connectivity index (χ1) is 10.1. The van der Waals surface area contributed by atoms with Crippen LogP contribution in [0.25, 0.3) is 0 Å². The third-order valence-corrected chi connectivity index (χ3v) is 3.99. The summed E-state index contributed by atoms with van der Waals surface area (Å²) in [6.45, 7) is 10.3. The Morgan fingerprint density at radius 3 is 2.71 bits per heavy atom. The fraction of sp³-hybridized carbons (Fsp3) is 0.471. The molecule has 1 N–H and O–H groups in total. The Balaban J connectivity index is 2.53. The van der Waals surface area contributed by atoms with E-state index in [4.69, 9.17) is 11.6 Å². The quantitative estimate of drug-likeness (QED) is 0.864. The molecule has 2 aromatic rings. The van der Waals surface area contributed by atoms with Crippen LogP contribution in [0.1, 0.15) is 48.7 Å². The summed E-state index contributed by atoms with van der Waals surface area (Å²) in [7, 11) is 0. The summed E-state index contributed by atoms with van der Waals surface area (Å²) >= 11 is 6.43. The van der Waals surface area contributed by atoms with Crippen molar-refractivity contribution in [2.45, 2.75) is 46.7 Å². The van der Waals surface area contributed by atoms with E-state index in [0.29, 0.717) is 0 Å². The van der Waals surface area contributed by atoms with Crippen LogP contribution in [-0.2, 0) is 6.54 Å². The Labute approximate surface area is 132 Å². The zero-order valence-electron chi connectivity index (χ0n) is 13.3. The van der Waals surface area contributed by atoms with Crippen molar-refractivity contribution >= 4 is 11.6 Å². The average molecular weight is 306 g/mol. The van der Waals surface area contributed by atoms with Gasteiger partial charge in [0.25, 0.3) is 0 Å². The Hall–Kier alpha value is -1.32. The zero-order chi connectivity index (χ0) is 15.4. The molecule has 0 aliphatic heterocycles. The predicted octanol–water partition coefficient (Wildman–Crippen LogP) is 4.26. The van der Waals surface area contributed by atoms with Crippen LogP contribution in [0.5, 0.6) is 0 Å². The number of halogens is 1. The van der Waals surface area contributed by atoms with Crippen molar-refractivity contribution in [3.63, 3.8) is 0 Å². The van der Waals surface area contributed by atoms with Gasteiger partial charge in [0.1, 0.15) is 0 Å². The smallest absolute Gasteiger partial charge is 0.0837 e. The normalized spacial score (nSPS) is 12.6. The van der Waals surface area contributed by atoms with Gasteiger partial charge in [-0.25, -0.2) is 0 Å². The first-order valence-electron chi connectivity index (χ1n) is 7.60. The summed E-state index contributed by atoms with van der Waals surface area (Å²) in [5.41, 5.74) is 4.87. The number of nitrogens with one attached hydrogen (secondary N) is 1. The Kier molecular flexibility index (Phi) is 5.43. The number of aryl methyl sites for hydroxylation is 3. The molecule has 1 aromatic heterocycles. The van der Waals surface area contributed by atoms with E-state index in [-0.39, 0.29) is 6.04 Å². The lowest BCUT2D eigenvalue weighted by Gasteiger charge is -2.22. The molecule has 114 valence electrons. The van der Waals surface area contributed by atoms with E-state index in [1.165, 1.54) is 16.7 Å². The van der Waals surface area contributed by atoms with Gasteiger partial charge in [0.05, 0.1) is 23.0 Å². The monoisotopic (exact) mass is 305 g/mol. The van der Waals surface area contributed by atoms with Crippen molar-refractivity contribution in [1.82, 2.24) is 15.1 Å². The molecule has 0 bridgehead atoms. The number of hydrogen-bond donors (Lipinski definition) is 1. The van der Waals surface area contributed by atoms with Crippen LogP contribution in [0, 0.1) is 13.8 Å². The molecule has 0 radical (unpaired) electrons. The summed E-state index contributed by atoms with van der Waals surface area (Å²) in [5, 5.41) is 8.73. The second-order valence-corrected chi connectivity index (χ2v) is 5.86. The average Bonchev–Trinajstić information content (AvgIpc) is 2.81. The maximum atomic E-state index is 6.43. The van der Waals surface area contributed by atoms with Crippen molar-refractivity contribution in [3.05, 3.63) is 51.8 Å². The van der Waals surface area contributed by atoms with Crippen LogP contribution in [-0.4, -0.2) is 16.3 Å². The van der Waals surface area contributed by atoms with Gasteiger partial charge >= 0.3 is 0 Å². The highest BCUT2D eigenvalue weighted by atomic mass is 35.5. The van der Waals surface area contributed by atoms with Gasteiger partial charge < -0.3 is 5.32 Å². The first-order valence-corrected chi connectivity index (χ1v) is 7.98. The largest absolute Gasteiger partial charge is 0.305 e. The SMILES string of the molecule is CCCn1ncc(Cl)c1C(NCC)c1cc(C)ccc1C. The third-order valence-electron chi connectivity index (χ3n) is 3.70. The molecule has 1 aromatic carbocycles. The highest BCUT2D eigenvalue weighted by molar-refractivity contribution is 6.31. The topological polar surface area (TPSA) is 29.9 Å². The summed E-state index contributed by atoms with van der Waals surface area (Å²) in [6, 6.07) is 6.63. The maximum absolute atomic E-state index is 6.43. The minimum Gasteiger partial charge on any atom is -0.305 e.